The zero-order valence-electron chi connectivity index (χ0n) is 15.3. The normalized spacial score (nSPS) is 12.0. The Hall–Kier alpha value is -1.65. The number of hydrogen-bond acceptors (Lipinski definition) is 2. The van der Waals surface area contributed by atoms with Crippen LogP contribution in [0, 0.1) is 0 Å². The van der Waals surface area contributed by atoms with Crippen LogP contribution in [-0.2, 0) is 0 Å². The maximum absolute atomic E-state index is 5.80. The second kappa shape index (κ2) is 7.95. The van der Waals surface area contributed by atoms with Crippen LogP contribution >= 0.6 is 7.51 Å². The standard InChI is InChI=1S/C18H27N4OP/c1-20(2)24(21(3)4,22(5)6)19-23-18-14-12-17(13-15-18)16-10-8-7-9-11-16/h7-15H,1-6H3. The van der Waals surface area contributed by atoms with Crippen LogP contribution in [0.3, 0.4) is 0 Å². The van der Waals surface area contributed by atoms with E-state index in [1.807, 2.05) is 72.6 Å². The first kappa shape index (κ1) is 18.7. The van der Waals surface area contributed by atoms with E-state index in [9.17, 15) is 0 Å². The number of nitrogens with zero attached hydrogens (tertiary/aromatic N) is 4. The fraction of sp³-hybridized carbons (Fsp3) is 0.333. The van der Waals surface area contributed by atoms with Crippen molar-refractivity contribution in [1.29, 1.82) is 0 Å². The van der Waals surface area contributed by atoms with E-state index in [2.05, 4.69) is 43.2 Å². The molecular formula is C18H27N4OP. The molecule has 0 amide bonds. The zero-order chi connectivity index (χ0) is 17.7. The number of rotatable bonds is 6. The van der Waals surface area contributed by atoms with Crippen LogP contribution in [0.2, 0.25) is 0 Å². The average Bonchev–Trinajstić information content (AvgIpc) is 2.56. The molecule has 6 heteroatoms. The Morgan fingerprint density at radius 2 is 1.12 bits per heavy atom. The van der Waals surface area contributed by atoms with Crippen molar-refractivity contribution in [3.05, 3.63) is 54.6 Å². The molecule has 0 atom stereocenters. The third kappa shape index (κ3) is 3.87. The molecule has 0 aliphatic carbocycles. The van der Waals surface area contributed by atoms with Crippen molar-refractivity contribution in [1.82, 2.24) is 14.0 Å². The molecule has 5 nitrogen and oxygen atoms in total. The monoisotopic (exact) mass is 346 g/mol. The van der Waals surface area contributed by atoms with Gasteiger partial charge in [-0.25, -0.2) is 14.0 Å². The van der Waals surface area contributed by atoms with Gasteiger partial charge in [0.15, 0.2) is 5.75 Å². The van der Waals surface area contributed by atoms with Gasteiger partial charge in [-0.05, 0) is 65.5 Å². The maximum atomic E-state index is 5.80. The van der Waals surface area contributed by atoms with E-state index < -0.39 is 7.51 Å². The average molecular weight is 346 g/mol. The van der Waals surface area contributed by atoms with Gasteiger partial charge >= 0.3 is 0 Å². The highest BCUT2D eigenvalue weighted by atomic mass is 31.2. The first-order valence-corrected chi connectivity index (χ1v) is 9.45. The van der Waals surface area contributed by atoms with Gasteiger partial charge in [0.05, 0.1) is 0 Å². The predicted molar refractivity (Wildman–Crippen MR) is 103 cm³/mol. The minimum Gasteiger partial charge on any atom is -0.355 e. The Bertz CT molecular complexity index is 668. The van der Waals surface area contributed by atoms with E-state index in [1.54, 1.807) is 0 Å². The van der Waals surface area contributed by atoms with Crippen molar-refractivity contribution in [2.75, 3.05) is 42.3 Å². The van der Waals surface area contributed by atoms with Gasteiger partial charge in [-0.15, -0.1) is 0 Å². The third-order valence-corrected chi connectivity index (χ3v) is 7.35. The molecular weight excluding hydrogens is 319 g/mol. The topological polar surface area (TPSA) is 31.3 Å². The van der Waals surface area contributed by atoms with Gasteiger partial charge in [-0.1, -0.05) is 47.4 Å². The minimum atomic E-state index is -2.04. The van der Waals surface area contributed by atoms with Crippen molar-refractivity contribution >= 4 is 7.51 Å². The SMILES string of the molecule is CN(C)P(=NOc1ccc(-c2ccccc2)cc1)(N(C)C)N(C)C. The van der Waals surface area contributed by atoms with Crippen LogP contribution in [0.4, 0.5) is 0 Å². The zero-order valence-corrected chi connectivity index (χ0v) is 16.2. The molecule has 0 saturated carbocycles. The van der Waals surface area contributed by atoms with Gasteiger partial charge in [-0.2, -0.15) is 0 Å². The molecule has 0 N–H and O–H groups in total. The van der Waals surface area contributed by atoms with E-state index >= 15 is 0 Å². The molecule has 0 bridgehead atoms. The van der Waals surface area contributed by atoms with E-state index in [0.29, 0.717) is 0 Å². The fourth-order valence-corrected chi connectivity index (χ4v) is 5.52. The summed E-state index contributed by atoms with van der Waals surface area (Å²) in [4.78, 5) is 10.4. The Kier molecular flexibility index (Phi) is 6.19. The molecule has 0 aliphatic heterocycles. The van der Waals surface area contributed by atoms with Gasteiger partial charge in [0, 0.05) is 0 Å². The van der Waals surface area contributed by atoms with Crippen molar-refractivity contribution in [2.24, 2.45) is 4.91 Å². The van der Waals surface area contributed by atoms with Crippen molar-refractivity contribution in [2.45, 2.75) is 0 Å². The Balaban J connectivity index is 2.27. The molecule has 2 aromatic rings. The molecule has 0 saturated heterocycles. The van der Waals surface area contributed by atoms with E-state index in [4.69, 9.17) is 4.84 Å². The molecule has 130 valence electrons. The Morgan fingerprint density at radius 3 is 1.58 bits per heavy atom. The molecule has 0 fully saturated rings. The number of benzene rings is 2. The maximum Gasteiger partial charge on any atom is 0.210 e. The number of hydrogen-bond donors (Lipinski definition) is 0. The summed E-state index contributed by atoms with van der Waals surface area (Å²) < 4.78 is 6.35. The molecule has 0 spiro atoms. The summed E-state index contributed by atoms with van der Waals surface area (Å²) in [5, 5.41) is 0. The lowest BCUT2D eigenvalue weighted by molar-refractivity contribution is 0.324. The Morgan fingerprint density at radius 1 is 0.667 bits per heavy atom. The molecule has 24 heavy (non-hydrogen) atoms. The van der Waals surface area contributed by atoms with Crippen LogP contribution in [0.15, 0.2) is 59.5 Å². The second-order valence-corrected chi connectivity index (χ2v) is 9.78. The highest BCUT2D eigenvalue weighted by Gasteiger charge is 2.29. The second-order valence-electron chi connectivity index (χ2n) is 6.14. The highest BCUT2D eigenvalue weighted by molar-refractivity contribution is 7.58. The summed E-state index contributed by atoms with van der Waals surface area (Å²) in [6, 6.07) is 18.3. The third-order valence-electron chi connectivity index (χ3n) is 3.83. The predicted octanol–water partition coefficient (Wildman–Crippen LogP) is 4.28. The van der Waals surface area contributed by atoms with Crippen LogP contribution in [-0.4, -0.2) is 56.3 Å². The fourth-order valence-electron chi connectivity index (χ4n) is 2.73. The highest BCUT2D eigenvalue weighted by Crippen LogP contribution is 2.54. The van der Waals surface area contributed by atoms with Gasteiger partial charge in [0.1, 0.15) is 0 Å². The van der Waals surface area contributed by atoms with E-state index in [0.717, 1.165) is 11.3 Å². The molecule has 0 radical (unpaired) electrons. The molecule has 0 aromatic heterocycles. The first-order chi connectivity index (χ1) is 11.4. The van der Waals surface area contributed by atoms with Gasteiger partial charge in [-0.3, -0.25) is 0 Å². The van der Waals surface area contributed by atoms with Gasteiger partial charge in [0.2, 0.25) is 7.51 Å². The van der Waals surface area contributed by atoms with Crippen molar-refractivity contribution in [3.8, 4) is 16.9 Å². The van der Waals surface area contributed by atoms with Crippen LogP contribution in [0.25, 0.3) is 11.1 Å². The van der Waals surface area contributed by atoms with Crippen molar-refractivity contribution in [3.63, 3.8) is 0 Å². The minimum absolute atomic E-state index is 0.740. The summed E-state index contributed by atoms with van der Waals surface area (Å²) in [6.07, 6.45) is 0. The smallest absolute Gasteiger partial charge is 0.210 e. The lowest BCUT2D eigenvalue weighted by Crippen LogP contribution is -2.31. The summed E-state index contributed by atoms with van der Waals surface area (Å²) >= 11 is 0. The van der Waals surface area contributed by atoms with Crippen molar-refractivity contribution < 1.29 is 4.84 Å². The van der Waals surface area contributed by atoms with Crippen LogP contribution < -0.4 is 4.84 Å². The van der Waals surface area contributed by atoms with E-state index in [1.165, 1.54) is 5.56 Å². The van der Waals surface area contributed by atoms with Gasteiger partial charge in [0.25, 0.3) is 0 Å². The molecule has 2 rings (SSSR count). The summed E-state index contributed by atoms with van der Waals surface area (Å²) in [6.45, 7) is 0. The van der Waals surface area contributed by atoms with Crippen LogP contribution in [0.5, 0.6) is 5.75 Å². The lowest BCUT2D eigenvalue weighted by atomic mass is 10.1. The quantitative estimate of drug-likeness (QED) is 0.577. The van der Waals surface area contributed by atoms with E-state index in [-0.39, 0.29) is 0 Å². The summed E-state index contributed by atoms with van der Waals surface area (Å²) in [5.41, 5.74) is 2.36. The van der Waals surface area contributed by atoms with Gasteiger partial charge < -0.3 is 4.84 Å². The molecule has 2 aromatic carbocycles. The first-order valence-electron chi connectivity index (χ1n) is 7.85. The summed E-state index contributed by atoms with van der Waals surface area (Å²) in [5.74, 6) is 0.740. The molecule has 0 aliphatic rings. The van der Waals surface area contributed by atoms with Crippen LogP contribution in [0.1, 0.15) is 0 Å². The summed E-state index contributed by atoms with van der Waals surface area (Å²) in [7, 11) is 10.1. The largest absolute Gasteiger partial charge is 0.355 e. The molecule has 0 unspecified atom stereocenters. The lowest BCUT2D eigenvalue weighted by Gasteiger charge is -2.39. The Labute approximate surface area is 145 Å². The molecule has 0 heterocycles.